The quantitative estimate of drug-likeness (QED) is 0.272. The lowest BCUT2D eigenvalue weighted by molar-refractivity contribution is 0.103. The summed E-state index contributed by atoms with van der Waals surface area (Å²) in [4.78, 5) is 33.0. The van der Waals surface area contributed by atoms with Gasteiger partial charge >= 0.3 is 0 Å². The number of amides is 1. The van der Waals surface area contributed by atoms with Crippen molar-refractivity contribution in [3.05, 3.63) is 91.9 Å². The maximum atomic E-state index is 12.5. The van der Waals surface area contributed by atoms with Gasteiger partial charge in [-0.2, -0.15) is 5.26 Å². The molecule has 0 saturated carbocycles. The molecule has 4 rings (SSSR count). The van der Waals surface area contributed by atoms with Crippen molar-refractivity contribution in [2.45, 2.75) is 17.8 Å². The number of ether oxygens (including phenoxy) is 1. The number of hydrogen-bond donors (Lipinski definition) is 2. The Morgan fingerprint density at radius 2 is 2.06 bits per heavy atom. The molecule has 170 valence electrons. The third-order valence-electron chi connectivity index (χ3n) is 4.98. The average Bonchev–Trinajstić information content (AvgIpc) is 3.28. The number of aryl methyl sites for hydroxylation is 1. The van der Waals surface area contributed by atoms with Crippen LogP contribution in [0.3, 0.4) is 0 Å². The van der Waals surface area contributed by atoms with Crippen molar-refractivity contribution in [1.82, 2.24) is 9.97 Å². The molecule has 2 heterocycles. The summed E-state index contributed by atoms with van der Waals surface area (Å²) in [6, 6.07) is 18.5. The highest BCUT2D eigenvalue weighted by Gasteiger charge is 2.15. The standard InChI is InChI=1S/C25H20N4O3S2/c1-15-9-10-33-22(15)24(31)27-18-7-3-5-16(11-18)14-34-25-28-21(20(13-26)23(30)29-25)17-6-4-8-19(12-17)32-2/h3-12H,14H2,1-2H3,(H,27,31)(H,28,29,30). The normalized spacial score (nSPS) is 10.5. The Morgan fingerprint density at radius 1 is 1.24 bits per heavy atom. The van der Waals surface area contributed by atoms with Gasteiger partial charge in [0.25, 0.3) is 11.5 Å². The van der Waals surface area contributed by atoms with Gasteiger partial charge in [-0.3, -0.25) is 9.59 Å². The van der Waals surface area contributed by atoms with Gasteiger partial charge in [0.05, 0.1) is 17.7 Å². The van der Waals surface area contributed by atoms with Crippen molar-refractivity contribution in [3.63, 3.8) is 0 Å². The first-order chi connectivity index (χ1) is 16.5. The van der Waals surface area contributed by atoms with Crippen molar-refractivity contribution in [2.75, 3.05) is 12.4 Å². The minimum absolute atomic E-state index is 0.0498. The molecule has 0 spiro atoms. The summed E-state index contributed by atoms with van der Waals surface area (Å²) < 4.78 is 5.25. The number of anilines is 1. The maximum absolute atomic E-state index is 12.5. The number of thiophene rings is 1. The molecule has 9 heteroatoms. The largest absolute Gasteiger partial charge is 0.497 e. The van der Waals surface area contributed by atoms with Crippen molar-refractivity contribution in [1.29, 1.82) is 5.26 Å². The third kappa shape index (κ3) is 5.20. The molecular formula is C25H20N4O3S2. The van der Waals surface area contributed by atoms with Gasteiger partial charge in [-0.05, 0) is 53.8 Å². The van der Waals surface area contributed by atoms with Crippen molar-refractivity contribution < 1.29 is 9.53 Å². The smallest absolute Gasteiger partial charge is 0.270 e. The second-order valence-corrected chi connectivity index (χ2v) is 9.19. The monoisotopic (exact) mass is 488 g/mol. The summed E-state index contributed by atoms with van der Waals surface area (Å²) in [7, 11) is 1.55. The van der Waals surface area contributed by atoms with Crippen LogP contribution in [0.2, 0.25) is 0 Å². The van der Waals surface area contributed by atoms with Crippen LogP contribution in [0.4, 0.5) is 5.69 Å². The number of benzene rings is 2. The van der Waals surface area contributed by atoms with E-state index in [4.69, 9.17) is 4.74 Å². The molecular weight excluding hydrogens is 468 g/mol. The zero-order chi connectivity index (χ0) is 24.1. The molecule has 0 aliphatic carbocycles. The number of aromatic nitrogens is 2. The molecule has 2 aromatic carbocycles. The number of rotatable bonds is 7. The van der Waals surface area contributed by atoms with E-state index in [-0.39, 0.29) is 11.5 Å². The summed E-state index contributed by atoms with van der Waals surface area (Å²) in [5, 5.41) is 14.7. The highest BCUT2D eigenvalue weighted by molar-refractivity contribution is 7.98. The summed E-state index contributed by atoms with van der Waals surface area (Å²) >= 11 is 2.74. The van der Waals surface area contributed by atoms with Crippen LogP contribution >= 0.6 is 23.1 Å². The second-order valence-electron chi connectivity index (χ2n) is 7.31. The molecule has 0 aliphatic heterocycles. The molecule has 0 unspecified atom stereocenters. The minimum atomic E-state index is -0.495. The molecule has 0 radical (unpaired) electrons. The molecule has 7 nitrogen and oxygen atoms in total. The number of carbonyl (C=O) groups is 1. The number of hydrogen-bond acceptors (Lipinski definition) is 7. The van der Waals surface area contributed by atoms with Gasteiger partial charge in [0.15, 0.2) is 5.16 Å². The van der Waals surface area contributed by atoms with Crippen LogP contribution in [0.25, 0.3) is 11.3 Å². The molecule has 0 aliphatic rings. The Kier molecular flexibility index (Phi) is 7.11. The molecule has 4 aromatic rings. The highest BCUT2D eigenvalue weighted by atomic mass is 32.2. The fraction of sp³-hybridized carbons (Fsp3) is 0.120. The van der Waals surface area contributed by atoms with Gasteiger partial charge in [0, 0.05) is 17.0 Å². The lowest BCUT2D eigenvalue weighted by Crippen LogP contribution is -2.14. The van der Waals surface area contributed by atoms with Crippen LogP contribution in [0, 0.1) is 18.3 Å². The second kappa shape index (κ2) is 10.4. The minimum Gasteiger partial charge on any atom is -0.497 e. The number of nitriles is 1. The van der Waals surface area contributed by atoms with Gasteiger partial charge in [-0.15, -0.1) is 11.3 Å². The Bertz CT molecular complexity index is 1450. The first-order valence-corrected chi connectivity index (χ1v) is 12.1. The third-order valence-corrected chi connectivity index (χ3v) is 6.94. The van der Waals surface area contributed by atoms with Crippen LogP contribution in [-0.4, -0.2) is 23.0 Å². The van der Waals surface area contributed by atoms with Crippen molar-refractivity contribution >= 4 is 34.7 Å². The SMILES string of the molecule is COc1cccc(-c2nc(SCc3cccc(NC(=O)c4sccc4C)c3)[nH]c(=O)c2C#N)c1. The zero-order valence-corrected chi connectivity index (χ0v) is 20.0. The van der Waals surface area contributed by atoms with Crippen LogP contribution < -0.4 is 15.6 Å². The molecule has 34 heavy (non-hydrogen) atoms. The van der Waals surface area contributed by atoms with E-state index in [0.29, 0.717) is 38.5 Å². The average molecular weight is 489 g/mol. The van der Waals surface area contributed by atoms with E-state index >= 15 is 0 Å². The summed E-state index contributed by atoms with van der Waals surface area (Å²) in [6.07, 6.45) is 0. The van der Waals surface area contributed by atoms with Gasteiger partial charge in [-0.1, -0.05) is 36.0 Å². The van der Waals surface area contributed by atoms with Crippen LogP contribution in [-0.2, 0) is 5.75 Å². The van der Waals surface area contributed by atoms with Gasteiger partial charge in [0.2, 0.25) is 0 Å². The molecule has 0 fully saturated rings. The molecule has 1 amide bonds. The number of H-pyrrole nitrogens is 1. The zero-order valence-electron chi connectivity index (χ0n) is 18.4. The van der Waals surface area contributed by atoms with Crippen molar-refractivity contribution in [2.24, 2.45) is 0 Å². The van der Waals surface area contributed by atoms with Crippen LogP contribution in [0.5, 0.6) is 5.75 Å². The maximum Gasteiger partial charge on any atom is 0.270 e. The van der Waals surface area contributed by atoms with E-state index < -0.39 is 5.56 Å². The number of methoxy groups -OCH3 is 1. The lowest BCUT2D eigenvalue weighted by atomic mass is 10.1. The first kappa shape index (κ1) is 23.3. The summed E-state index contributed by atoms with van der Waals surface area (Å²) in [6.45, 7) is 1.91. The topological polar surface area (TPSA) is 108 Å². The summed E-state index contributed by atoms with van der Waals surface area (Å²) in [5.41, 5.74) is 2.96. The van der Waals surface area contributed by atoms with Gasteiger partial charge < -0.3 is 15.0 Å². The fourth-order valence-corrected chi connectivity index (χ4v) is 4.91. The Morgan fingerprint density at radius 3 is 2.79 bits per heavy atom. The Hall–Kier alpha value is -3.87. The van der Waals surface area contributed by atoms with Crippen LogP contribution in [0.15, 0.2) is 69.9 Å². The Labute approximate surface area is 204 Å². The molecule has 0 atom stereocenters. The fourth-order valence-electron chi connectivity index (χ4n) is 3.29. The van der Waals surface area contributed by atoms with Gasteiger partial charge in [-0.25, -0.2) is 4.98 Å². The van der Waals surface area contributed by atoms with Gasteiger partial charge in [0.1, 0.15) is 17.4 Å². The van der Waals surface area contributed by atoms with E-state index in [1.807, 2.05) is 48.7 Å². The van der Waals surface area contributed by atoms with E-state index in [2.05, 4.69) is 15.3 Å². The summed E-state index contributed by atoms with van der Waals surface area (Å²) in [5.74, 6) is 0.973. The van der Waals surface area contributed by atoms with E-state index in [0.717, 1.165) is 11.1 Å². The molecule has 2 N–H and O–H groups in total. The first-order valence-electron chi connectivity index (χ1n) is 10.2. The van der Waals surface area contributed by atoms with E-state index in [1.165, 1.54) is 23.1 Å². The number of nitrogens with zero attached hydrogens (tertiary/aromatic N) is 2. The Balaban J connectivity index is 1.54. The number of thioether (sulfide) groups is 1. The number of aromatic amines is 1. The van der Waals surface area contributed by atoms with Crippen molar-refractivity contribution in [3.8, 4) is 23.1 Å². The number of carbonyl (C=O) groups excluding carboxylic acids is 1. The lowest BCUT2D eigenvalue weighted by Gasteiger charge is -2.09. The van der Waals surface area contributed by atoms with Crippen LogP contribution in [0.1, 0.15) is 26.4 Å². The predicted octanol–water partition coefficient (Wildman–Crippen LogP) is 5.23. The predicted molar refractivity (Wildman–Crippen MR) is 135 cm³/mol. The van der Waals surface area contributed by atoms with E-state index in [9.17, 15) is 14.9 Å². The molecule has 0 bridgehead atoms. The van der Waals surface area contributed by atoms with E-state index in [1.54, 1.807) is 31.4 Å². The highest BCUT2D eigenvalue weighted by Crippen LogP contribution is 2.27. The number of nitrogens with one attached hydrogen (secondary N) is 2. The molecule has 0 saturated heterocycles. The molecule has 2 aromatic heterocycles.